The van der Waals surface area contributed by atoms with Crippen molar-refractivity contribution in [1.29, 1.82) is 0 Å². The summed E-state index contributed by atoms with van der Waals surface area (Å²) >= 11 is 5.26. The molecule has 3 saturated heterocycles. The molecule has 0 aliphatic carbocycles. The van der Waals surface area contributed by atoms with Gasteiger partial charge in [0.05, 0.1) is 12.2 Å². The van der Waals surface area contributed by atoms with Crippen LogP contribution in [-0.4, -0.2) is 42.4 Å². The van der Waals surface area contributed by atoms with Crippen molar-refractivity contribution in [2.45, 2.75) is 25.0 Å². The summed E-state index contributed by atoms with van der Waals surface area (Å²) in [6.07, 6.45) is 3.61. The van der Waals surface area contributed by atoms with Gasteiger partial charge in [0.25, 0.3) is 0 Å². The summed E-state index contributed by atoms with van der Waals surface area (Å²) in [5.74, 6) is 1.50. The highest BCUT2D eigenvalue weighted by atomic mass is 32.1. The van der Waals surface area contributed by atoms with Crippen LogP contribution >= 0.6 is 12.2 Å². The van der Waals surface area contributed by atoms with Gasteiger partial charge in [-0.15, -0.1) is 0 Å². The van der Waals surface area contributed by atoms with Crippen LogP contribution in [-0.2, 0) is 4.74 Å². The van der Waals surface area contributed by atoms with E-state index in [2.05, 4.69) is 10.2 Å². The van der Waals surface area contributed by atoms with Crippen molar-refractivity contribution < 1.29 is 4.74 Å². The van der Waals surface area contributed by atoms with Crippen LogP contribution in [0.25, 0.3) is 0 Å². The normalized spacial score (nSPS) is 44.2. The van der Waals surface area contributed by atoms with E-state index in [1.54, 1.807) is 0 Å². The Bertz CT molecular complexity index is 253. The zero-order chi connectivity index (χ0) is 9.71. The van der Waals surface area contributed by atoms with Gasteiger partial charge in [-0.25, -0.2) is 0 Å². The van der Waals surface area contributed by atoms with E-state index < -0.39 is 0 Å². The Kier molecular flexibility index (Phi) is 1.96. The third-order valence-corrected chi connectivity index (χ3v) is 4.42. The highest BCUT2D eigenvalue weighted by Gasteiger charge is 2.53. The Morgan fingerprint density at radius 3 is 2.36 bits per heavy atom. The number of fused-ring (bicyclic) bond motifs is 5. The second kappa shape index (κ2) is 3.07. The number of ether oxygens (including phenoxy) is 1. The van der Waals surface area contributed by atoms with Gasteiger partial charge in [0.15, 0.2) is 5.11 Å². The Morgan fingerprint density at radius 1 is 1.29 bits per heavy atom. The van der Waals surface area contributed by atoms with E-state index in [-0.39, 0.29) is 0 Å². The molecule has 0 aromatic carbocycles. The minimum absolute atomic E-state index is 0.537. The van der Waals surface area contributed by atoms with Crippen molar-refractivity contribution in [2.24, 2.45) is 11.8 Å². The zero-order valence-electron chi connectivity index (χ0n) is 8.40. The van der Waals surface area contributed by atoms with Crippen molar-refractivity contribution in [3.8, 4) is 0 Å². The zero-order valence-corrected chi connectivity index (χ0v) is 9.22. The van der Waals surface area contributed by atoms with E-state index in [1.807, 2.05) is 7.05 Å². The lowest BCUT2D eigenvalue weighted by Crippen LogP contribution is -2.37. The first-order valence-electron chi connectivity index (χ1n) is 5.41. The van der Waals surface area contributed by atoms with Crippen molar-refractivity contribution in [2.75, 3.05) is 20.1 Å². The molecule has 3 heterocycles. The molecule has 3 rings (SSSR count). The molecule has 0 radical (unpaired) electrons. The van der Waals surface area contributed by atoms with Crippen molar-refractivity contribution >= 4 is 17.3 Å². The van der Waals surface area contributed by atoms with Crippen LogP contribution in [0.5, 0.6) is 0 Å². The van der Waals surface area contributed by atoms with Crippen molar-refractivity contribution in [1.82, 2.24) is 10.2 Å². The van der Waals surface area contributed by atoms with Gasteiger partial charge in [-0.3, -0.25) is 0 Å². The number of nitrogens with zero attached hydrogens (tertiary/aromatic N) is 1. The summed E-state index contributed by atoms with van der Waals surface area (Å²) in [4.78, 5) is 2.30. The van der Waals surface area contributed by atoms with E-state index in [9.17, 15) is 0 Å². The lowest BCUT2D eigenvalue weighted by molar-refractivity contribution is 0.0769. The summed E-state index contributed by atoms with van der Waals surface area (Å²) in [7, 11) is 1.90. The lowest BCUT2D eigenvalue weighted by Gasteiger charge is -2.20. The molecule has 4 atom stereocenters. The minimum atomic E-state index is 0.537. The summed E-state index contributed by atoms with van der Waals surface area (Å²) < 4.78 is 5.91. The van der Waals surface area contributed by atoms with Gasteiger partial charge in [0.2, 0.25) is 0 Å². The van der Waals surface area contributed by atoms with Gasteiger partial charge in [-0.1, -0.05) is 0 Å². The lowest BCUT2D eigenvalue weighted by atomic mass is 9.82. The maximum Gasteiger partial charge on any atom is 0.168 e. The molecule has 0 spiro atoms. The first kappa shape index (κ1) is 8.92. The molecule has 4 heteroatoms. The highest BCUT2D eigenvalue weighted by Crippen LogP contribution is 2.47. The second-order valence-electron chi connectivity index (χ2n) is 4.58. The van der Waals surface area contributed by atoms with Crippen LogP contribution in [0.2, 0.25) is 0 Å². The molecule has 0 amide bonds. The third-order valence-electron chi connectivity index (χ3n) is 3.95. The predicted octanol–water partition coefficient (Wildman–Crippen LogP) is 0.600. The van der Waals surface area contributed by atoms with E-state index in [0.717, 1.165) is 30.0 Å². The maximum atomic E-state index is 5.91. The summed E-state index contributed by atoms with van der Waals surface area (Å²) in [5, 5.41) is 3.96. The van der Waals surface area contributed by atoms with Gasteiger partial charge in [0, 0.05) is 32.0 Å². The Morgan fingerprint density at radius 2 is 1.86 bits per heavy atom. The summed E-state index contributed by atoms with van der Waals surface area (Å²) in [5.41, 5.74) is 0. The van der Waals surface area contributed by atoms with Gasteiger partial charge < -0.3 is 15.0 Å². The Hall–Kier alpha value is -0.350. The van der Waals surface area contributed by atoms with E-state index in [1.165, 1.54) is 12.8 Å². The second-order valence-corrected chi connectivity index (χ2v) is 4.96. The van der Waals surface area contributed by atoms with Crippen LogP contribution in [0.15, 0.2) is 0 Å². The number of nitrogens with one attached hydrogen (secondary N) is 1. The first-order valence-corrected chi connectivity index (χ1v) is 5.82. The molecule has 3 aliphatic heterocycles. The Labute approximate surface area is 89.8 Å². The molecule has 0 aromatic rings. The quantitative estimate of drug-likeness (QED) is 0.594. The number of hydrogen-bond acceptors (Lipinski definition) is 2. The van der Waals surface area contributed by atoms with Crippen LogP contribution in [0.3, 0.4) is 0 Å². The molecule has 0 saturated carbocycles. The molecule has 1 N–H and O–H groups in total. The molecule has 78 valence electrons. The highest BCUT2D eigenvalue weighted by molar-refractivity contribution is 7.80. The summed E-state index contributed by atoms with van der Waals surface area (Å²) in [6.45, 7) is 2.21. The minimum Gasteiger partial charge on any atom is -0.374 e. The molecular weight excluding hydrogens is 196 g/mol. The van der Waals surface area contributed by atoms with Crippen LogP contribution in [0, 0.1) is 11.8 Å². The average Bonchev–Trinajstić information content (AvgIpc) is 2.87. The smallest absolute Gasteiger partial charge is 0.168 e. The molecule has 0 unspecified atom stereocenters. The molecule has 0 aromatic heterocycles. The van der Waals surface area contributed by atoms with Crippen molar-refractivity contribution in [3.05, 3.63) is 0 Å². The molecular formula is C10H16N2OS. The van der Waals surface area contributed by atoms with Gasteiger partial charge in [-0.05, 0) is 25.1 Å². The van der Waals surface area contributed by atoms with Gasteiger partial charge >= 0.3 is 0 Å². The van der Waals surface area contributed by atoms with Crippen LogP contribution in [0.4, 0.5) is 0 Å². The number of hydrogen-bond donors (Lipinski definition) is 1. The van der Waals surface area contributed by atoms with Crippen LogP contribution < -0.4 is 5.32 Å². The average molecular weight is 212 g/mol. The molecule has 2 bridgehead atoms. The largest absolute Gasteiger partial charge is 0.374 e. The number of thiocarbonyl (C=S) groups is 1. The third kappa shape index (κ3) is 1.10. The molecule has 3 fully saturated rings. The first-order chi connectivity index (χ1) is 6.79. The fourth-order valence-corrected chi connectivity index (χ4v) is 3.43. The van der Waals surface area contributed by atoms with Crippen molar-refractivity contribution in [3.63, 3.8) is 0 Å². The monoisotopic (exact) mass is 212 g/mol. The van der Waals surface area contributed by atoms with Gasteiger partial charge in [-0.2, -0.15) is 0 Å². The van der Waals surface area contributed by atoms with Gasteiger partial charge in [0.1, 0.15) is 0 Å². The summed E-state index contributed by atoms with van der Waals surface area (Å²) in [6, 6.07) is 0. The molecule has 3 aliphatic rings. The Balaban J connectivity index is 1.73. The predicted molar refractivity (Wildman–Crippen MR) is 58.1 cm³/mol. The standard InChI is InChI=1S/C10H16N2OS/c1-11-10(14)12-4-6-7(5-12)9-3-2-8(6)13-9/h6-9H,2-5H2,1H3,(H,11,14)/t6-,7-,8+,9+/m1/s1. The van der Waals surface area contributed by atoms with E-state index in [4.69, 9.17) is 17.0 Å². The fourth-order valence-electron chi connectivity index (χ4n) is 3.28. The van der Waals surface area contributed by atoms with E-state index in [0.29, 0.717) is 12.2 Å². The number of likely N-dealkylation sites (tertiary alicyclic amines) is 1. The number of rotatable bonds is 0. The SMILES string of the molecule is CNC(=S)N1C[C@@H]2[C@@H](C1)[C@@H]1CC[C@@H]2O1. The van der Waals surface area contributed by atoms with E-state index >= 15 is 0 Å². The van der Waals surface area contributed by atoms with Crippen LogP contribution in [0.1, 0.15) is 12.8 Å². The maximum absolute atomic E-state index is 5.91. The topological polar surface area (TPSA) is 24.5 Å². The molecule has 14 heavy (non-hydrogen) atoms. The molecule has 3 nitrogen and oxygen atoms in total. The fraction of sp³-hybridized carbons (Fsp3) is 0.900.